The molecule has 1 aromatic heterocycles. The number of aromatic amines is 1. The summed E-state index contributed by atoms with van der Waals surface area (Å²) in [5, 5.41) is 0. The SMILES string of the molecule is Cc1c[nH]cc1C(=O)N1CCC(N)C(C)(C)C1. The van der Waals surface area contributed by atoms with Crippen LogP contribution in [0.25, 0.3) is 0 Å². The number of likely N-dealkylation sites (tertiary alicyclic amines) is 1. The van der Waals surface area contributed by atoms with Crippen molar-refractivity contribution in [1.82, 2.24) is 9.88 Å². The summed E-state index contributed by atoms with van der Waals surface area (Å²) < 4.78 is 0. The van der Waals surface area contributed by atoms with E-state index >= 15 is 0 Å². The van der Waals surface area contributed by atoms with Gasteiger partial charge < -0.3 is 15.6 Å². The number of amides is 1. The second-order valence-electron chi connectivity index (χ2n) is 5.66. The van der Waals surface area contributed by atoms with E-state index in [4.69, 9.17) is 5.73 Å². The molecule has 17 heavy (non-hydrogen) atoms. The zero-order valence-corrected chi connectivity index (χ0v) is 10.8. The highest BCUT2D eigenvalue weighted by Crippen LogP contribution is 2.28. The van der Waals surface area contributed by atoms with Crippen molar-refractivity contribution >= 4 is 5.91 Å². The van der Waals surface area contributed by atoms with Crippen molar-refractivity contribution in [2.75, 3.05) is 13.1 Å². The molecule has 0 saturated carbocycles. The first-order valence-electron chi connectivity index (χ1n) is 6.10. The predicted molar refractivity (Wildman–Crippen MR) is 67.8 cm³/mol. The van der Waals surface area contributed by atoms with E-state index < -0.39 is 0 Å². The lowest BCUT2D eigenvalue weighted by atomic mass is 9.79. The maximum Gasteiger partial charge on any atom is 0.255 e. The Morgan fingerprint density at radius 1 is 1.53 bits per heavy atom. The molecule has 1 amide bonds. The number of hydrogen-bond donors (Lipinski definition) is 2. The van der Waals surface area contributed by atoms with E-state index in [9.17, 15) is 4.79 Å². The molecule has 1 saturated heterocycles. The standard InChI is InChI=1S/C13H21N3O/c1-9-6-15-7-10(9)12(17)16-5-4-11(14)13(2,3)8-16/h6-7,11,15H,4-5,8,14H2,1-3H3. The molecule has 1 fully saturated rings. The molecule has 94 valence electrons. The average Bonchev–Trinajstić information content (AvgIpc) is 2.67. The highest BCUT2D eigenvalue weighted by molar-refractivity contribution is 5.95. The molecule has 1 aliphatic heterocycles. The quantitative estimate of drug-likeness (QED) is 0.775. The van der Waals surface area contributed by atoms with E-state index in [0.29, 0.717) is 0 Å². The highest BCUT2D eigenvalue weighted by atomic mass is 16.2. The summed E-state index contributed by atoms with van der Waals surface area (Å²) in [6, 6.07) is 0.180. The highest BCUT2D eigenvalue weighted by Gasteiger charge is 2.35. The van der Waals surface area contributed by atoms with Gasteiger partial charge >= 0.3 is 0 Å². The third-order valence-corrected chi connectivity index (χ3v) is 3.78. The summed E-state index contributed by atoms with van der Waals surface area (Å²) in [6.07, 6.45) is 4.51. The lowest BCUT2D eigenvalue weighted by Crippen LogP contribution is -2.54. The van der Waals surface area contributed by atoms with Gasteiger partial charge in [0.2, 0.25) is 0 Å². The Labute approximate surface area is 102 Å². The summed E-state index contributed by atoms with van der Waals surface area (Å²) in [7, 11) is 0. The van der Waals surface area contributed by atoms with Crippen LogP contribution in [-0.4, -0.2) is 34.9 Å². The van der Waals surface area contributed by atoms with E-state index in [1.807, 2.05) is 18.0 Å². The topological polar surface area (TPSA) is 62.1 Å². The van der Waals surface area contributed by atoms with Crippen LogP contribution in [0.3, 0.4) is 0 Å². The molecular weight excluding hydrogens is 214 g/mol. The Hall–Kier alpha value is -1.29. The fourth-order valence-corrected chi connectivity index (χ4v) is 2.39. The Kier molecular flexibility index (Phi) is 3.00. The first-order valence-corrected chi connectivity index (χ1v) is 6.10. The number of carbonyl (C=O) groups is 1. The van der Waals surface area contributed by atoms with Crippen molar-refractivity contribution in [1.29, 1.82) is 0 Å². The molecule has 0 bridgehead atoms. The van der Waals surface area contributed by atoms with Crippen LogP contribution < -0.4 is 5.73 Å². The number of H-pyrrole nitrogens is 1. The molecule has 4 heteroatoms. The molecule has 3 N–H and O–H groups in total. The fraction of sp³-hybridized carbons (Fsp3) is 0.615. The van der Waals surface area contributed by atoms with Gasteiger partial charge in [0.1, 0.15) is 0 Å². The molecule has 4 nitrogen and oxygen atoms in total. The number of carbonyl (C=O) groups excluding carboxylic acids is 1. The molecule has 1 aliphatic rings. The smallest absolute Gasteiger partial charge is 0.255 e. The minimum absolute atomic E-state index is 0.00186. The lowest BCUT2D eigenvalue weighted by Gasteiger charge is -2.42. The van der Waals surface area contributed by atoms with Crippen molar-refractivity contribution in [2.24, 2.45) is 11.1 Å². The van der Waals surface area contributed by atoms with E-state index in [-0.39, 0.29) is 17.4 Å². The number of nitrogens with zero attached hydrogens (tertiary/aromatic N) is 1. The van der Waals surface area contributed by atoms with Gasteiger partial charge in [0.25, 0.3) is 5.91 Å². The van der Waals surface area contributed by atoms with Gasteiger partial charge in [0.15, 0.2) is 0 Å². The van der Waals surface area contributed by atoms with Crippen LogP contribution in [0.15, 0.2) is 12.4 Å². The Bertz CT molecular complexity index is 422. The maximum absolute atomic E-state index is 12.3. The number of hydrogen-bond acceptors (Lipinski definition) is 2. The van der Waals surface area contributed by atoms with E-state index in [0.717, 1.165) is 30.6 Å². The molecule has 0 aliphatic carbocycles. The van der Waals surface area contributed by atoms with Crippen LogP contribution in [0.2, 0.25) is 0 Å². The normalized spacial score (nSPS) is 23.8. The van der Waals surface area contributed by atoms with Crippen LogP contribution in [0.4, 0.5) is 0 Å². The largest absolute Gasteiger partial charge is 0.367 e. The maximum atomic E-state index is 12.3. The first kappa shape index (κ1) is 12.2. The number of aryl methyl sites for hydroxylation is 1. The van der Waals surface area contributed by atoms with E-state index in [2.05, 4.69) is 18.8 Å². The molecule has 1 aromatic rings. The molecule has 0 radical (unpaired) electrons. The average molecular weight is 235 g/mol. The molecule has 1 atom stereocenters. The van der Waals surface area contributed by atoms with Crippen LogP contribution in [0.5, 0.6) is 0 Å². The lowest BCUT2D eigenvalue weighted by molar-refractivity contribution is 0.0532. The number of piperidine rings is 1. The molecule has 0 spiro atoms. The van der Waals surface area contributed by atoms with Gasteiger partial charge in [-0.3, -0.25) is 4.79 Å². The first-order chi connectivity index (χ1) is 7.92. The molecular formula is C13H21N3O. The third kappa shape index (κ3) is 2.22. The zero-order chi connectivity index (χ0) is 12.6. The summed E-state index contributed by atoms with van der Waals surface area (Å²) >= 11 is 0. The van der Waals surface area contributed by atoms with Gasteiger partial charge in [-0.05, 0) is 24.3 Å². The molecule has 2 rings (SSSR count). The minimum atomic E-state index is -0.00186. The van der Waals surface area contributed by atoms with Crippen LogP contribution in [0, 0.1) is 12.3 Å². The second-order valence-corrected chi connectivity index (χ2v) is 5.66. The predicted octanol–water partition coefficient (Wildman–Crippen LogP) is 1.52. The van der Waals surface area contributed by atoms with Crippen LogP contribution in [0.1, 0.15) is 36.2 Å². The van der Waals surface area contributed by atoms with Crippen LogP contribution >= 0.6 is 0 Å². The Morgan fingerprint density at radius 3 is 2.76 bits per heavy atom. The molecule has 1 unspecified atom stereocenters. The van der Waals surface area contributed by atoms with Gasteiger partial charge in [0, 0.05) is 31.5 Å². The van der Waals surface area contributed by atoms with Gasteiger partial charge in [-0.25, -0.2) is 0 Å². The number of rotatable bonds is 1. The fourth-order valence-electron chi connectivity index (χ4n) is 2.39. The van der Waals surface area contributed by atoms with Crippen molar-refractivity contribution < 1.29 is 4.79 Å². The van der Waals surface area contributed by atoms with Gasteiger partial charge in [0.05, 0.1) is 5.56 Å². The monoisotopic (exact) mass is 235 g/mol. The number of aromatic nitrogens is 1. The van der Waals surface area contributed by atoms with Crippen LogP contribution in [-0.2, 0) is 0 Å². The summed E-state index contributed by atoms with van der Waals surface area (Å²) in [6.45, 7) is 7.69. The molecule has 2 heterocycles. The van der Waals surface area contributed by atoms with Crippen molar-refractivity contribution in [2.45, 2.75) is 33.2 Å². The van der Waals surface area contributed by atoms with E-state index in [1.54, 1.807) is 6.20 Å². The number of nitrogens with two attached hydrogens (primary N) is 1. The summed E-state index contributed by atoms with van der Waals surface area (Å²) in [5.74, 6) is 0.115. The third-order valence-electron chi connectivity index (χ3n) is 3.78. The second kappa shape index (κ2) is 4.18. The van der Waals surface area contributed by atoms with Gasteiger partial charge in [-0.1, -0.05) is 13.8 Å². The summed E-state index contributed by atoms with van der Waals surface area (Å²) in [5.41, 5.74) is 7.85. The Balaban J connectivity index is 2.15. The van der Waals surface area contributed by atoms with Crippen molar-refractivity contribution in [3.63, 3.8) is 0 Å². The summed E-state index contributed by atoms with van der Waals surface area (Å²) in [4.78, 5) is 17.2. The van der Waals surface area contributed by atoms with Gasteiger partial charge in [-0.2, -0.15) is 0 Å². The van der Waals surface area contributed by atoms with Crippen molar-refractivity contribution in [3.05, 3.63) is 23.5 Å². The number of nitrogens with one attached hydrogen (secondary N) is 1. The Morgan fingerprint density at radius 2 is 2.24 bits per heavy atom. The minimum Gasteiger partial charge on any atom is -0.367 e. The van der Waals surface area contributed by atoms with E-state index in [1.165, 1.54) is 0 Å². The van der Waals surface area contributed by atoms with Gasteiger partial charge in [-0.15, -0.1) is 0 Å². The zero-order valence-electron chi connectivity index (χ0n) is 10.8. The van der Waals surface area contributed by atoms with Crippen molar-refractivity contribution in [3.8, 4) is 0 Å². The molecule has 0 aromatic carbocycles.